The van der Waals surface area contributed by atoms with Gasteiger partial charge in [0.1, 0.15) is 0 Å². The summed E-state index contributed by atoms with van der Waals surface area (Å²) in [5, 5.41) is 20.7. The summed E-state index contributed by atoms with van der Waals surface area (Å²) in [5.41, 5.74) is 0. The van der Waals surface area contributed by atoms with E-state index in [0.29, 0.717) is 0 Å². The molecule has 1 rings (SSSR count). The Morgan fingerprint density at radius 3 is 1.80 bits per heavy atom. The number of H-pyrrole nitrogens is 1. The molecule has 15 heavy (non-hydrogen) atoms. The molecule has 0 amide bonds. The number of aryl methyl sites for hydroxylation is 2. The fraction of sp³-hybridized carbons (Fsp3) is 0.600. The van der Waals surface area contributed by atoms with E-state index >= 15 is 0 Å². The molecule has 0 unspecified atom stereocenters. The van der Waals surface area contributed by atoms with Gasteiger partial charge in [-0.05, 0) is 10.4 Å². The highest BCUT2D eigenvalue weighted by Crippen LogP contribution is 1.67. The lowest BCUT2D eigenvalue weighted by molar-refractivity contribution is 0.278. The van der Waals surface area contributed by atoms with E-state index < -0.39 is 0 Å². The summed E-state index contributed by atoms with van der Waals surface area (Å²) in [6, 6.07) is 0. The van der Waals surface area contributed by atoms with Gasteiger partial charge in [-0.1, -0.05) is 0 Å². The van der Waals surface area contributed by atoms with Crippen LogP contribution in [-0.2, 0) is 30.7 Å². The van der Waals surface area contributed by atoms with E-state index in [1.54, 1.807) is 21.4 Å². The minimum absolute atomic E-state index is 0.750. The first-order valence-corrected chi connectivity index (χ1v) is 3.50. The molecule has 0 aliphatic carbocycles. The van der Waals surface area contributed by atoms with Crippen LogP contribution in [0.2, 0.25) is 0 Å². The summed E-state index contributed by atoms with van der Waals surface area (Å²) in [7, 11) is 5.51. The Labute approximate surface area is 84.7 Å². The largest absolute Gasteiger partial charge is 0.231 e. The lowest BCUT2D eigenvalue weighted by Gasteiger charge is -2.09. The van der Waals surface area contributed by atoms with Gasteiger partial charge >= 0.3 is 0 Å². The van der Waals surface area contributed by atoms with Crippen LogP contribution in [0.4, 0.5) is 0 Å². The predicted octanol–water partition coefficient (Wildman–Crippen LogP) is -1.25. The minimum atomic E-state index is 0.750. The smallest absolute Gasteiger partial charge is 0.222 e. The fourth-order valence-electron chi connectivity index (χ4n) is 0.466. The molecule has 1 aromatic heterocycles. The molecular formula is C5H12N8O2. The zero-order chi connectivity index (χ0) is 12.3. The average molecular weight is 216 g/mol. The molecule has 10 heteroatoms. The summed E-state index contributed by atoms with van der Waals surface area (Å²) in [6.07, 6.45) is 1.50. The molecule has 84 valence electrons. The lowest BCUT2D eigenvalue weighted by Crippen LogP contribution is -2.25. The predicted molar refractivity (Wildman–Crippen MR) is 47.8 cm³/mol. The Kier molecular flexibility index (Phi) is 9.68. The van der Waals surface area contributed by atoms with Crippen LogP contribution in [0, 0.1) is 10.8 Å². The van der Waals surface area contributed by atoms with Crippen LogP contribution >= 0.6 is 0 Å². The van der Waals surface area contributed by atoms with Crippen molar-refractivity contribution in [3.8, 4) is 0 Å². The van der Waals surface area contributed by atoms with Crippen LogP contribution in [0.15, 0.2) is 0 Å². The number of hydrogen-bond acceptors (Lipinski definition) is 6. The van der Waals surface area contributed by atoms with E-state index in [4.69, 9.17) is 20.4 Å². The van der Waals surface area contributed by atoms with Gasteiger partial charge in [0, 0.05) is 14.1 Å². The first kappa shape index (κ1) is 15.1. The minimum Gasteiger partial charge on any atom is -0.222 e. The number of rotatable bonds is 0. The number of isocyanates is 2. The van der Waals surface area contributed by atoms with E-state index in [0.717, 1.165) is 12.2 Å². The van der Waals surface area contributed by atoms with E-state index in [-0.39, 0.29) is 0 Å². The molecule has 0 saturated carbocycles. The fourth-order valence-corrected chi connectivity index (χ4v) is 0.466. The highest BCUT2D eigenvalue weighted by atomic mass is 16.1. The van der Waals surface area contributed by atoms with E-state index in [9.17, 15) is 0 Å². The molecule has 0 radical (unpaired) electrons. The molecule has 3 N–H and O–H groups in total. The van der Waals surface area contributed by atoms with Crippen molar-refractivity contribution in [3.63, 3.8) is 0 Å². The normalized spacial score (nSPS) is 6.87. The number of carbonyl (C=O) groups excluding carboxylic acids is 2. The zero-order valence-electron chi connectivity index (χ0n) is 8.55. The van der Waals surface area contributed by atoms with Gasteiger partial charge in [0.05, 0.1) is 7.05 Å². The quantitative estimate of drug-likeness (QED) is 0.368. The van der Waals surface area contributed by atoms with E-state index in [1.165, 1.54) is 0 Å². The van der Waals surface area contributed by atoms with Gasteiger partial charge in [0.2, 0.25) is 12.2 Å². The van der Waals surface area contributed by atoms with Crippen LogP contribution in [-0.4, -0.2) is 42.2 Å². The van der Waals surface area contributed by atoms with Gasteiger partial charge in [0.25, 0.3) is 0 Å². The SMILES string of the molecule is Cn1nn[nH]n(C)n1C.N=C=O.N=C=O. The van der Waals surface area contributed by atoms with Crippen molar-refractivity contribution in [2.24, 2.45) is 21.1 Å². The molecule has 0 atom stereocenters. The molecule has 0 bridgehead atoms. The van der Waals surface area contributed by atoms with Crippen molar-refractivity contribution in [1.29, 1.82) is 10.8 Å². The summed E-state index contributed by atoms with van der Waals surface area (Å²) in [4.78, 5) is 21.8. The Morgan fingerprint density at radius 2 is 1.53 bits per heavy atom. The first-order chi connectivity index (χ1) is 7.04. The van der Waals surface area contributed by atoms with Crippen molar-refractivity contribution in [1.82, 2.24) is 30.0 Å². The highest BCUT2D eigenvalue weighted by molar-refractivity contribution is 5.26. The zero-order valence-corrected chi connectivity index (χ0v) is 8.55. The third kappa shape index (κ3) is 7.91. The standard InChI is InChI=1S/C3H10N6.2CHNO/c1-7-5-4-6-8(2)9(7)3;2*2-1-3/h1-3H3,(H,5,6);2*2H. The highest BCUT2D eigenvalue weighted by Gasteiger charge is 1.84. The summed E-state index contributed by atoms with van der Waals surface area (Å²) in [6.45, 7) is 0. The second kappa shape index (κ2) is 9.65. The van der Waals surface area contributed by atoms with Gasteiger partial charge in [-0.2, -0.15) is 19.6 Å². The third-order valence-corrected chi connectivity index (χ3v) is 1.22. The van der Waals surface area contributed by atoms with E-state index in [1.807, 2.05) is 14.1 Å². The second-order valence-electron chi connectivity index (χ2n) is 2.00. The van der Waals surface area contributed by atoms with Crippen LogP contribution in [0.25, 0.3) is 0 Å². The summed E-state index contributed by atoms with van der Waals surface area (Å²) >= 11 is 0. The number of nitrogens with zero attached hydrogens (tertiary/aromatic N) is 5. The molecule has 0 spiro atoms. The van der Waals surface area contributed by atoms with Crippen LogP contribution in [0.1, 0.15) is 0 Å². The molecule has 1 aromatic rings. The Hall–Kier alpha value is -2.44. The topological polar surface area (TPSA) is 138 Å². The van der Waals surface area contributed by atoms with Crippen LogP contribution < -0.4 is 0 Å². The van der Waals surface area contributed by atoms with Crippen molar-refractivity contribution in [2.45, 2.75) is 0 Å². The maximum atomic E-state index is 8.35. The molecule has 0 aromatic carbocycles. The van der Waals surface area contributed by atoms with Crippen LogP contribution in [0.3, 0.4) is 0 Å². The lowest BCUT2D eigenvalue weighted by atomic mass is 11.3. The molecule has 0 aliphatic rings. The van der Waals surface area contributed by atoms with Crippen molar-refractivity contribution < 1.29 is 9.59 Å². The molecule has 10 nitrogen and oxygen atoms in total. The first-order valence-electron chi connectivity index (χ1n) is 3.50. The Morgan fingerprint density at radius 1 is 1.13 bits per heavy atom. The van der Waals surface area contributed by atoms with Gasteiger partial charge < -0.3 is 0 Å². The van der Waals surface area contributed by atoms with Crippen LogP contribution in [0.5, 0.6) is 0 Å². The number of aromatic nitrogens is 6. The Balaban J connectivity index is 0. The number of nitrogens with one attached hydrogen (secondary N) is 3. The molecule has 1 heterocycles. The van der Waals surface area contributed by atoms with Gasteiger partial charge in [-0.15, -0.1) is 0 Å². The Bertz CT molecular complexity index is 333. The van der Waals surface area contributed by atoms with Gasteiger partial charge in [-0.3, -0.25) is 0 Å². The summed E-state index contributed by atoms with van der Waals surface area (Å²) < 4.78 is 0. The second-order valence-corrected chi connectivity index (χ2v) is 2.00. The maximum Gasteiger partial charge on any atom is 0.231 e. The molecule has 0 fully saturated rings. The van der Waals surface area contributed by atoms with Crippen molar-refractivity contribution >= 4 is 12.2 Å². The van der Waals surface area contributed by atoms with Crippen molar-refractivity contribution in [2.75, 3.05) is 0 Å². The molecular weight excluding hydrogens is 204 g/mol. The monoisotopic (exact) mass is 216 g/mol. The molecule has 0 aliphatic heterocycles. The van der Waals surface area contributed by atoms with E-state index in [2.05, 4.69) is 15.6 Å². The number of hydrogen-bond donors (Lipinski definition) is 3. The third-order valence-electron chi connectivity index (χ3n) is 1.22. The number of aromatic amines is 1. The molecule has 0 saturated heterocycles. The average Bonchev–Trinajstić information content (AvgIpc) is 2.17. The van der Waals surface area contributed by atoms with Gasteiger partial charge in [0.15, 0.2) is 0 Å². The van der Waals surface area contributed by atoms with Crippen molar-refractivity contribution in [3.05, 3.63) is 0 Å². The van der Waals surface area contributed by atoms with Gasteiger partial charge in [-0.25, -0.2) is 20.4 Å². The maximum absolute atomic E-state index is 8.35. The summed E-state index contributed by atoms with van der Waals surface area (Å²) in [5.74, 6) is 0.